The fraction of sp³-hybridized carbons (Fsp3) is 0.355. The molecule has 218 valence electrons. The van der Waals surface area contributed by atoms with Crippen molar-refractivity contribution in [2.45, 2.75) is 69.5 Å². The van der Waals surface area contributed by atoms with Crippen LogP contribution in [0.15, 0.2) is 82.2 Å². The number of carbonyl (C=O) groups is 2. The second kappa shape index (κ2) is 13.9. The molecule has 0 heterocycles. The van der Waals surface area contributed by atoms with Gasteiger partial charge in [-0.05, 0) is 80.3 Å². The Bertz CT molecular complexity index is 1460. The van der Waals surface area contributed by atoms with Crippen LogP contribution >= 0.6 is 27.5 Å². The van der Waals surface area contributed by atoms with Crippen molar-refractivity contribution in [2.75, 3.05) is 10.8 Å². The van der Waals surface area contributed by atoms with E-state index in [1.54, 1.807) is 50.2 Å². The highest BCUT2D eigenvalue weighted by Gasteiger charge is 2.33. The number of anilines is 1. The zero-order valence-electron chi connectivity index (χ0n) is 23.2. The highest BCUT2D eigenvalue weighted by Crippen LogP contribution is 2.29. The first-order valence-corrected chi connectivity index (χ1v) is 16.4. The third kappa shape index (κ3) is 7.90. The maximum absolute atomic E-state index is 14.1. The third-order valence-electron chi connectivity index (χ3n) is 7.42. The quantitative estimate of drug-likeness (QED) is 0.270. The normalized spacial score (nSPS) is 14.7. The van der Waals surface area contributed by atoms with Gasteiger partial charge >= 0.3 is 0 Å². The molecule has 3 aromatic carbocycles. The largest absolute Gasteiger partial charge is 0.352 e. The number of aryl methyl sites for hydroxylation is 1. The predicted octanol–water partition coefficient (Wildman–Crippen LogP) is 6.47. The lowest BCUT2D eigenvalue weighted by Gasteiger charge is -2.33. The Morgan fingerprint density at radius 2 is 1.66 bits per heavy atom. The Hall–Kier alpha value is -2.88. The van der Waals surface area contributed by atoms with Crippen molar-refractivity contribution in [1.82, 2.24) is 10.2 Å². The van der Waals surface area contributed by atoms with Gasteiger partial charge in [-0.1, -0.05) is 77.1 Å². The van der Waals surface area contributed by atoms with Crippen LogP contribution in [0.1, 0.15) is 50.2 Å². The Morgan fingerprint density at radius 1 is 1.00 bits per heavy atom. The summed E-state index contributed by atoms with van der Waals surface area (Å²) in [6, 6.07) is 19.6. The molecule has 7 nitrogen and oxygen atoms in total. The second-order valence-corrected chi connectivity index (χ2v) is 13.6. The number of halogens is 2. The van der Waals surface area contributed by atoms with Gasteiger partial charge in [-0.25, -0.2) is 8.42 Å². The summed E-state index contributed by atoms with van der Waals surface area (Å²) in [5.41, 5.74) is 1.76. The van der Waals surface area contributed by atoms with Gasteiger partial charge < -0.3 is 10.2 Å². The lowest BCUT2D eigenvalue weighted by molar-refractivity contribution is -0.139. The zero-order valence-corrected chi connectivity index (χ0v) is 26.4. The van der Waals surface area contributed by atoms with Crippen LogP contribution in [0.2, 0.25) is 5.02 Å². The monoisotopic (exact) mass is 659 g/mol. The number of rotatable bonds is 10. The van der Waals surface area contributed by atoms with E-state index >= 15 is 0 Å². The average Bonchev–Trinajstić information content (AvgIpc) is 2.96. The number of hydrogen-bond acceptors (Lipinski definition) is 4. The molecule has 1 saturated carbocycles. The van der Waals surface area contributed by atoms with E-state index in [2.05, 4.69) is 21.2 Å². The average molecular weight is 661 g/mol. The topological polar surface area (TPSA) is 86.8 Å². The van der Waals surface area contributed by atoms with Crippen molar-refractivity contribution < 1.29 is 18.0 Å². The molecule has 3 aromatic rings. The predicted molar refractivity (Wildman–Crippen MR) is 166 cm³/mol. The van der Waals surface area contributed by atoms with E-state index in [0.29, 0.717) is 16.3 Å². The number of benzene rings is 3. The maximum atomic E-state index is 14.1. The molecular formula is C31H35BrClN3O4S. The number of nitrogens with zero attached hydrogens (tertiary/aromatic N) is 2. The first-order chi connectivity index (χ1) is 19.6. The van der Waals surface area contributed by atoms with Gasteiger partial charge in [0.25, 0.3) is 10.0 Å². The van der Waals surface area contributed by atoms with Gasteiger partial charge in [0.2, 0.25) is 11.8 Å². The van der Waals surface area contributed by atoms with E-state index in [9.17, 15) is 18.0 Å². The van der Waals surface area contributed by atoms with Crippen LogP contribution in [0.3, 0.4) is 0 Å². The molecular weight excluding hydrogens is 626 g/mol. The minimum atomic E-state index is -4.13. The van der Waals surface area contributed by atoms with Crippen molar-refractivity contribution >= 4 is 55.1 Å². The Labute approximate surface area is 256 Å². The van der Waals surface area contributed by atoms with Gasteiger partial charge in [0.15, 0.2) is 0 Å². The van der Waals surface area contributed by atoms with E-state index in [4.69, 9.17) is 11.6 Å². The van der Waals surface area contributed by atoms with Crippen LogP contribution in [0.5, 0.6) is 0 Å². The summed E-state index contributed by atoms with van der Waals surface area (Å²) < 4.78 is 29.9. The molecule has 0 aromatic heterocycles. The molecule has 0 saturated heterocycles. The highest BCUT2D eigenvalue weighted by atomic mass is 79.9. The van der Waals surface area contributed by atoms with Gasteiger partial charge in [-0.15, -0.1) is 0 Å². The molecule has 1 fully saturated rings. The number of hydrogen-bond donors (Lipinski definition) is 1. The van der Waals surface area contributed by atoms with Crippen molar-refractivity contribution in [2.24, 2.45) is 0 Å². The molecule has 1 aliphatic rings. The van der Waals surface area contributed by atoms with Crippen molar-refractivity contribution in [3.63, 3.8) is 0 Å². The van der Waals surface area contributed by atoms with Gasteiger partial charge in [0, 0.05) is 22.1 Å². The van der Waals surface area contributed by atoms with Crippen molar-refractivity contribution in [3.8, 4) is 0 Å². The van der Waals surface area contributed by atoms with Crippen molar-refractivity contribution in [1.29, 1.82) is 0 Å². The second-order valence-electron chi connectivity index (χ2n) is 10.4. The first-order valence-electron chi connectivity index (χ1n) is 13.7. The van der Waals surface area contributed by atoms with E-state index in [-0.39, 0.29) is 23.4 Å². The number of amides is 2. The van der Waals surface area contributed by atoms with E-state index in [0.717, 1.165) is 46.4 Å². The van der Waals surface area contributed by atoms with E-state index in [1.165, 1.54) is 17.0 Å². The van der Waals surface area contributed by atoms with Gasteiger partial charge in [-0.3, -0.25) is 13.9 Å². The van der Waals surface area contributed by atoms with Crippen LogP contribution in [-0.2, 0) is 26.2 Å². The summed E-state index contributed by atoms with van der Waals surface area (Å²) in [5.74, 6) is -0.740. The van der Waals surface area contributed by atoms with Crippen molar-refractivity contribution in [3.05, 3.63) is 93.4 Å². The minimum absolute atomic E-state index is 0.0599. The number of carbonyl (C=O) groups excluding carboxylic acids is 2. The van der Waals surface area contributed by atoms with Crippen LogP contribution in [0.4, 0.5) is 5.69 Å². The summed E-state index contributed by atoms with van der Waals surface area (Å²) in [5, 5.41) is 3.58. The third-order valence-corrected chi connectivity index (χ3v) is 9.96. The molecule has 0 unspecified atom stereocenters. The molecule has 10 heteroatoms. The lowest BCUT2D eigenvalue weighted by Crippen LogP contribution is -2.53. The molecule has 41 heavy (non-hydrogen) atoms. The fourth-order valence-electron chi connectivity index (χ4n) is 5.07. The van der Waals surface area contributed by atoms with Crippen LogP contribution in [-0.4, -0.2) is 43.8 Å². The molecule has 1 aliphatic carbocycles. The van der Waals surface area contributed by atoms with Crippen LogP contribution < -0.4 is 9.62 Å². The number of sulfonamides is 1. The highest BCUT2D eigenvalue weighted by molar-refractivity contribution is 9.10. The summed E-state index contributed by atoms with van der Waals surface area (Å²) in [6.45, 7) is 3.10. The standard InChI is InChI=1S/C31H35BrClN3O4S/c1-22-19-26(33)17-18-29(22)36(41(39,40)28-11-7-4-8-12-28)21-30(37)35(20-24-13-15-25(32)16-14-24)23(2)31(38)34-27-9-5-3-6-10-27/h4,7-8,11-19,23,27H,3,5-6,9-10,20-21H2,1-2H3,(H,34,38)/t23-/m1/s1. The fourth-order valence-corrected chi connectivity index (χ4v) is 7.06. The van der Waals surface area contributed by atoms with E-state index < -0.39 is 28.5 Å². The molecule has 4 rings (SSSR count). The van der Waals surface area contributed by atoms with Crippen LogP contribution in [0.25, 0.3) is 0 Å². The molecule has 0 radical (unpaired) electrons. The van der Waals surface area contributed by atoms with Gasteiger partial charge in [0.05, 0.1) is 10.6 Å². The summed E-state index contributed by atoms with van der Waals surface area (Å²) in [6.07, 6.45) is 5.11. The molecule has 0 aliphatic heterocycles. The zero-order chi connectivity index (χ0) is 29.6. The Morgan fingerprint density at radius 3 is 2.29 bits per heavy atom. The molecule has 2 amide bonds. The Balaban J connectivity index is 1.69. The maximum Gasteiger partial charge on any atom is 0.264 e. The number of nitrogens with one attached hydrogen (secondary N) is 1. The van der Waals surface area contributed by atoms with E-state index in [1.807, 2.05) is 24.3 Å². The lowest BCUT2D eigenvalue weighted by atomic mass is 9.95. The van der Waals surface area contributed by atoms with Crippen LogP contribution in [0, 0.1) is 6.92 Å². The molecule has 1 atom stereocenters. The van der Waals surface area contributed by atoms with Gasteiger partial charge in [-0.2, -0.15) is 0 Å². The molecule has 1 N–H and O–H groups in total. The minimum Gasteiger partial charge on any atom is -0.352 e. The Kier molecular flexibility index (Phi) is 10.5. The summed E-state index contributed by atoms with van der Waals surface area (Å²) >= 11 is 9.61. The molecule has 0 bridgehead atoms. The van der Waals surface area contributed by atoms with Gasteiger partial charge in [0.1, 0.15) is 12.6 Å². The first kappa shape index (κ1) is 31.1. The SMILES string of the molecule is Cc1cc(Cl)ccc1N(CC(=O)N(Cc1ccc(Br)cc1)[C@H](C)C(=O)NC1CCCCC1)S(=O)(=O)c1ccccc1. The smallest absolute Gasteiger partial charge is 0.264 e. The summed E-state index contributed by atoms with van der Waals surface area (Å²) in [4.78, 5) is 29.0. The summed E-state index contributed by atoms with van der Waals surface area (Å²) in [7, 11) is -4.13. The molecule has 0 spiro atoms.